The van der Waals surface area contributed by atoms with Crippen molar-refractivity contribution < 1.29 is 0 Å². The summed E-state index contributed by atoms with van der Waals surface area (Å²) in [4.78, 5) is 23.0. The van der Waals surface area contributed by atoms with E-state index in [-0.39, 0.29) is 5.69 Å². The van der Waals surface area contributed by atoms with E-state index in [0.29, 0.717) is 11.4 Å². The summed E-state index contributed by atoms with van der Waals surface area (Å²) in [5, 5.41) is 14.1. The minimum absolute atomic E-state index is 0.388. The number of hydrogen-bond acceptors (Lipinski definition) is 5. The first-order chi connectivity index (χ1) is 13.7. The molecule has 0 bridgehead atoms. The summed E-state index contributed by atoms with van der Waals surface area (Å²) in [6.07, 6.45) is 13.1. The maximum absolute atomic E-state index is 12.0. The summed E-state index contributed by atoms with van der Waals surface area (Å²) >= 11 is 0. The van der Waals surface area contributed by atoms with Crippen molar-refractivity contribution in [2.75, 3.05) is 5.32 Å². The van der Waals surface area contributed by atoms with Gasteiger partial charge in [-0.2, -0.15) is 10.2 Å². The third-order valence-electron chi connectivity index (χ3n) is 4.48. The van der Waals surface area contributed by atoms with Crippen LogP contribution in [0, 0.1) is 11.3 Å². The zero-order valence-corrected chi connectivity index (χ0v) is 15.0. The summed E-state index contributed by atoms with van der Waals surface area (Å²) in [7, 11) is 0. The zero-order valence-electron chi connectivity index (χ0n) is 15.0. The van der Waals surface area contributed by atoms with Gasteiger partial charge in [-0.25, -0.2) is 4.79 Å². The van der Waals surface area contributed by atoms with Gasteiger partial charge in [0.2, 0.25) is 0 Å². The molecule has 1 aromatic carbocycles. The van der Waals surface area contributed by atoms with Crippen molar-refractivity contribution in [1.82, 2.24) is 15.0 Å². The number of hydrogen-bond donors (Lipinski definition) is 2. The van der Waals surface area contributed by atoms with Crippen molar-refractivity contribution in [3.63, 3.8) is 0 Å². The molecule has 2 N–H and O–H groups in total. The summed E-state index contributed by atoms with van der Waals surface area (Å²) < 4.78 is 0. The summed E-state index contributed by atoms with van der Waals surface area (Å²) in [6, 6.07) is 11.5. The number of anilines is 2. The van der Waals surface area contributed by atoms with Gasteiger partial charge in [0.05, 0.1) is 11.6 Å². The zero-order chi connectivity index (χ0) is 19.3. The smallest absolute Gasteiger partial charge is 0.339 e. The number of pyridine rings is 1. The number of nitrogens with zero attached hydrogens (tertiary/aromatic N) is 3. The number of rotatable bonds is 3. The van der Waals surface area contributed by atoms with Crippen molar-refractivity contribution in [3.05, 3.63) is 81.5 Å². The van der Waals surface area contributed by atoms with Gasteiger partial charge in [0, 0.05) is 34.2 Å². The Hall–Kier alpha value is -3.98. The molecular formula is C22H17N5O. The molecule has 6 nitrogen and oxygen atoms in total. The van der Waals surface area contributed by atoms with Gasteiger partial charge >= 0.3 is 5.69 Å². The van der Waals surface area contributed by atoms with Crippen molar-refractivity contribution in [2.24, 2.45) is 0 Å². The number of aromatic nitrogens is 3. The predicted molar refractivity (Wildman–Crippen MR) is 109 cm³/mol. The molecule has 6 heteroatoms. The molecule has 0 unspecified atom stereocenters. The number of aromatic amines is 1. The molecule has 0 fully saturated rings. The fourth-order valence-electron chi connectivity index (χ4n) is 3.10. The molecule has 136 valence electrons. The molecule has 28 heavy (non-hydrogen) atoms. The molecular weight excluding hydrogens is 350 g/mol. The quantitative estimate of drug-likeness (QED) is 0.741. The van der Waals surface area contributed by atoms with E-state index in [9.17, 15) is 10.1 Å². The third kappa shape index (κ3) is 3.60. The Morgan fingerprint density at radius 3 is 2.82 bits per heavy atom. The fourth-order valence-corrected chi connectivity index (χ4v) is 3.10. The average molecular weight is 367 g/mol. The van der Waals surface area contributed by atoms with Gasteiger partial charge < -0.3 is 10.3 Å². The molecule has 0 saturated carbocycles. The van der Waals surface area contributed by atoms with Crippen molar-refractivity contribution in [3.8, 4) is 17.2 Å². The highest BCUT2D eigenvalue weighted by molar-refractivity contribution is 5.72. The maximum atomic E-state index is 12.0. The lowest BCUT2D eigenvalue weighted by atomic mass is 10.0. The van der Waals surface area contributed by atoms with Crippen LogP contribution in [-0.2, 0) is 0 Å². The SMILES string of the molecule is N#Cc1ccncc1-c1ccc(Nc2nc(=O)[nH]c3c2=CC=CCCC=3)cc1. The van der Waals surface area contributed by atoms with Crippen LogP contribution in [0.4, 0.5) is 11.5 Å². The second-order valence-electron chi connectivity index (χ2n) is 6.33. The molecule has 0 atom stereocenters. The van der Waals surface area contributed by atoms with Gasteiger partial charge in [0.15, 0.2) is 0 Å². The number of benzene rings is 1. The molecule has 1 aliphatic carbocycles. The number of H-pyrrole nitrogens is 1. The Bertz CT molecular complexity index is 1260. The van der Waals surface area contributed by atoms with Crippen LogP contribution in [0.1, 0.15) is 18.4 Å². The number of fused-ring (bicyclic) bond motifs is 1. The molecule has 0 aliphatic heterocycles. The molecule has 0 amide bonds. The summed E-state index contributed by atoms with van der Waals surface area (Å²) in [5.74, 6) is 0.508. The maximum Gasteiger partial charge on any atom is 0.347 e. The lowest BCUT2D eigenvalue weighted by Gasteiger charge is -2.09. The summed E-state index contributed by atoms with van der Waals surface area (Å²) in [6.45, 7) is 0. The van der Waals surface area contributed by atoms with E-state index in [4.69, 9.17) is 0 Å². The molecule has 2 heterocycles. The number of allylic oxidation sites excluding steroid dienone is 2. The van der Waals surface area contributed by atoms with E-state index in [0.717, 1.165) is 40.2 Å². The summed E-state index contributed by atoms with van der Waals surface area (Å²) in [5.41, 5.74) is 2.66. The third-order valence-corrected chi connectivity index (χ3v) is 4.48. The Balaban J connectivity index is 1.71. The first-order valence-electron chi connectivity index (χ1n) is 8.93. The van der Waals surface area contributed by atoms with E-state index >= 15 is 0 Å². The molecule has 3 aromatic rings. The number of nitrogens with one attached hydrogen (secondary N) is 2. The minimum Gasteiger partial charge on any atom is -0.339 e. The predicted octanol–water partition coefficient (Wildman–Crippen LogP) is 2.36. The second kappa shape index (κ2) is 7.72. The molecule has 0 spiro atoms. The van der Waals surface area contributed by atoms with E-state index < -0.39 is 0 Å². The van der Waals surface area contributed by atoms with Gasteiger partial charge in [0.1, 0.15) is 5.82 Å². The molecule has 0 saturated heterocycles. The van der Waals surface area contributed by atoms with Crippen molar-refractivity contribution in [2.45, 2.75) is 12.8 Å². The van der Waals surface area contributed by atoms with Crippen LogP contribution < -0.4 is 21.6 Å². The molecule has 1 aliphatic rings. The molecule has 2 aromatic heterocycles. The average Bonchev–Trinajstić information content (AvgIpc) is 2.70. The van der Waals surface area contributed by atoms with E-state index in [1.165, 1.54) is 0 Å². The monoisotopic (exact) mass is 367 g/mol. The van der Waals surface area contributed by atoms with Crippen LogP contribution in [0.2, 0.25) is 0 Å². The lowest BCUT2D eigenvalue weighted by molar-refractivity contribution is 1.00. The number of nitriles is 1. The van der Waals surface area contributed by atoms with Crippen LogP contribution in [0.25, 0.3) is 23.3 Å². The standard InChI is InChI=1S/C22H17N5O/c23-13-16-11-12-24-14-19(16)15-7-9-17(10-8-15)25-21-18-5-3-1-2-4-6-20(18)26-22(28)27-21/h1,3,5-12,14H,2,4H2,(H2,25,26,27,28). The van der Waals surface area contributed by atoms with Gasteiger partial charge in [-0.1, -0.05) is 30.4 Å². The Morgan fingerprint density at radius 1 is 1.14 bits per heavy atom. The van der Waals surface area contributed by atoms with Crippen molar-refractivity contribution in [1.29, 1.82) is 5.26 Å². The highest BCUT2D eigenvalue weighted by Crippen LogP contribution is 2.24. The van der Waals surface area contributed by atoms with E-state index in [1.807, 2.05) is 42.5 Å². The first kappa shape index (κ1) is 17.4. The highest BCUT2D eigenvalue weighted by atomic mass is 16.1. The van der Waals surface area contributed by atoms with E-state index in [1.54, 1.807) is 18.5 Å². The Kier molecular flexibility index (Phi) is 4.81. The minimum atomic E-state index is -0.388. The first-order valence-corrected chi connectivity index (χ1v) is 8.93. The van der Waals surface area contributed by atoms with Gasteiger partial charge in [-0.3, -0.25) is 4.98 Å². The van der Waals surface area contributed by atoms with Gasteiger partial charge in [-0.15, -0.1) is 0 Å². The fraction of sp³-hybridized carbons (Fsp3) is 0.0909. The largest absolute Gasteiger partial charge is 0.347 e. The Labute approximate surface area is 161 Å². The Morgan fingerprint density at radius 2 is 2.00 bits per heavy atom. The van der Waals surface area contributed by atoms with Crippen LogP contribution >= 0.6 is 0 Å². The normalized spacial score (nSPS) is 12.5. The van der Waals surface area contributed by atoms with Gasteiger partial charge in [-0.05, 0) is 42.7 Å². The van der Waals surface area contributed by atoms with Crippen LogP contribution in [0.15, 0.2) is 59.7 Å². The van der Waals surface area contributed by atoms with Crippen LogP contribution in [0.5, 0.6) is 0 Å². The van der Waals surface area contributed by atoms with Crippen LogP contribution in [-0.4, -0.2) is 15.0 Å². The highest BCUT2D eigenvalue weighted by Gasteiger charge is 2.06. The molecule has 4 rings (SSSR count). The van der Waals surface area contributed by atoms with Gasteiger partial charge in [0.25, 0.3) is 0 Å². The second-order valence-corrected chi connectivity index (χ2v) is 6.33. The molecule has 0 radical (unpaired) electrons. The topological polar surface area (TPSA) is 94.5 Å². The van der Waals surface area contributed by atoms with Crippen LogP contribution in [0.3, 0.4) is 0 Å². The van der Waals surface area contributed by atoms with Crippen molar-refractivity contribution >= 4 is 23.7 Å². The van der Waals surface area contributed by atoms with E-state index in [2.05, 4.69) is 32.4 Å². The lowest BCUT2D eigenvalue weighted by Crippen LogP contribution is -2.38.